The molecule has 0 heterocycles. The van der Waals surface area contributed by atoms with E-state index >= 15 is 0 Å². The van der Waals surface area contributed by atoms with E-state index in [2.05, 4.69) is 20.8 Å². The molecule has 6 aromatic carbocycles. The Hall–Kier alpha value is -4.96. The van der Waals surface area contributed by atoms with Crippen LogP contribution >= 0.6 is 0 Å². The number of halogens is 4. The number of hydrogen-bond acceptors (Lipinski definition) is 0. The fraction of sp³-hybridized carbons (Fsp3) is 0.182. The van der Waals surface area contributed by atoms with Crippen LogP contribution in [0.4, 0.5) is 17.6 Å². The normalized spacial score (nSPS) is 10.8. The van der Waals surface area contributed by atoms with E-state index in [1.165, 1.54) is 16.7 Å². The summed E-state index contributed by atoms with van der Waals surface area (Å²) in [6, 6.07) is 36.8. The lowest BCUT2D eigenvalue weighted by Gasteiger charge is -2.10. The van der Waals surface area contributed by atoms with Gasteiger partial charge in [0, 0.05) is 22.3 Å². The van der Waals surface area contributed by atoms with E-state index < -0.39 is 23.3 Å². The summed E-state index contributed by atoms with van der Waals surface area (Å²) in [4.78, 5) is 0. The van der Waals surface area contributed by atoms with Gasteiger partial charge in [0.2, 0.25) is 0 Å². The molecule has 0 aliphatic rings. The van der Waals surface area contributed by atoms with Gasteiger partial charge >= 0.3 is 0 Å². The van der Waals surface area contributed by atoms with Gasteiger partial charge in [-0.1, -0.05) is 154 Å². The number of benzene rings is 6. The summed E-state index contributed by atoms with van der Waals surface area (Å²) in [5.74, 6) is -3.18. The first kappa shape index (κ1) is 34.4. The zero-order valence-corrected chi connectivity index (χ0v) is 27.9. The smallest absolute Gasteiger partial charge is 0.167 e. The van der Waals surface area contributed by atoms with Crippen LogP contribution in [0, 0.1) is 30.2 Å². The lowest BCUT2D eigenvalue weighted by atomic mass is 9.97. The maximum absolute atomic E-state index is 14.7. The van der Waals surface area contributed by atoms with Crippen molar-refractivity contribution in [2.24, 2.45) is 0 Å². The van der Waals surface area contributed by atoms with Gasteiger partial charge in [0.15, 0.2) is 23.3 Å². The lowest BCUT2D eigenvalue weighted by molar-refractivity contribution is 0.514. The van der Waals surface area contributed by atoms with Gasteiger partial charge < -0.3 is 0 Å². The first-order valence-corrected chi connectivity index (χ1v) is 16.5. The zero-order chi connectivity index (χ0) is 34.2. The summed E-state index contributed by atoms with van der Waals surface area (Å²) in [7, 11) is 0. The monoisotopic (exact) mass is 644 g/mol. The molecule has 0 aliphatic carbocycles. The molecule has 6 aromatic rings. The first-order valence-electron chi connectivity index (χ1n) is 16.5. The fourth-order valence-corrected chi connectivity index (χ4v) is 5.70. The van der Waals surface area contributed by atoms with Crippen molar-refractivity contribution in [3.05, 3.63) is 167 Å². The summed E-state index contributed by atoms with van der Waals surface area (Å²) < 4.78 is 58.3. The minimum absolute atomic E-state index is 0.288. The second kappa shape index (κ2) is 15.8. The summed E-state index contributed by atoms with van der Waals surface area (Å²) in [6.45, 7) is 8.21. The Bertz CT molecular complexity index is 1960. The third-order valence-corrected chi connectivity index (χ3v) is 8.68. The fourth-order valence-electron chi connectivity index (χ4n) is 5.70. The van der Waals surface area contributed by atoms with Crippen LogP contribution in [-0.2, 0) is 19.3 Å². The van der Waals surface area contributed by atoms with Gasteiger partial charge in [-0.05, 0) is 65.1 Å². The van der Waals surface area contributed by atoms with E-state index in [-0.39, 0.29) is 5.56 Å². The van der Waals surface area contributed by atoms with Crippen LogP contribution < -0.4 is 0 Å². The first-order chi connectivity index (χ1) is 23.2. The van der Waals surface area contributed by atoms with Gasteiger partial charge in [-0.3, -0.25) is 0 Å². The van der Waals surface area contributed by atoms with Crippen molar-refractivity contribution in [2.45, 2.75) is 53.4 Å². The van der Waals surface area contributed by atoms with Crippen LogP contribution in [0.2, 0.25) is 0 Å². The molecule has 0 spiro atoms. The molecule has 0 radical (unpaired) electrons. The second-order valence-electron chi connectivity index (χ2n) is 12.0. The molecule has 0 bridgehead atoms. The van der Waals surface area contributed by atoms with Crippen LogP contribution in [0.1, 0.15) is 49.4 Å². The molecular weight excluding hydrogens is 604 g/mol. The van der Waals surface area contributed by atoms with Gasteiger partial charge in [0.1, 0.15) is 0 Å². The van der Waals surface area contributed by atoms with Gasteiger partial charge in [-0.2, -0.15) is 0 Å². The van der Waals surface area contributed by atoms with E-state index in [9.17, 15) is 17.6 Å². The Balaban J connectivity index is 0.000000188. The maximum Gasteiger partial charge on any atom is 0.167 e. The number of hydrogen-bond donors (Lipinski definition) is 0. The molecule has 244 valence electrons. The quantitative estimate of drug-likeness (QED) is 0.145. The minimum atomic E-state index is -0.800. The molecule has 0 amide bonds. The Morgan fingerprint density at radius 1 is 0.354 bits per heavy atom. The summed E-state index contributed by atoms with van der Waals surface area (Å²) in [5, 5.41) is 0. The molecule has 0 saturated carbocycles. The summed E-state index contributed by atoms with van der Waals surface area (Å²) in [6.07, 6.45) is 3.89. The van der Waals surface area contributed by atoms with Crippen LogP contribution in [-0.4, -0.2) is 0 Å². The van der Waals surface area contributed by atoms with Crippen molar-refractivity contribution in [3.8, 4) is 44.5 Å². The Morgan fingerprint density at radius 2 is 0.625 bits per heavy atom. The van der Waals surface area contributed by atoms with Crippen molar-refractivity contribution in [1.82, 2.24) is 0 Å². The molecule has 0 aromatic heterocycles. The van der Waals surface area contributed by atoms with Crippen LogP contribution in [0.25, 0.3) is 44.5 Å². The standard InChI is InChI=1S/C23H22F2.C21H18F2/c1-3-5-17-8-12-19(13-9-17)21-15-14-20(22(24)23(21)25)18-10-6-16(4-2)7-11-18;1-3-15-6-10-17(11-7-15)19-13-12-18(20(22)21(19)23)16-8-4-14(2)5-9-16/h6-15H,3-5H2,1-2H3;4-13H,3H2,1-2H3. The Labute approximate surface area is 281 Å². The summed E-state index contributed by atoms with van der Waals surface area (Å²) >= 11 is 0. The third kappa shape index (κ3) is 7.77. The van der Waals surface area contributed by atoms with Gasteiger partial charge in [0.25, 0.3) is 0 Å². The Kier molecular flexibility index (Phi) is 11.3. The topological polar surface area (TPSA) is 0 Å². The van der Waals surface area contributed by atoms with Gasteiger partial charge in [-0.15, -0.1) is 0 Å². The number of aryl methyl sites for hydroxylation is 4. The minimum Gasteiger partial charge on any atom is -0.203 e. The van der Waals surface area contributed by atoms with Crippen molar-refractivity contribution in [1.29, 1.82) is 0 Å². The molecule has 0 aliphatic heterocycles. The highest BCUT2D eigenvalue weighted by atomic mass is 19.2. The highest BCUT2D eigenvalue weighted by molar-refractivity contribution is 5.73. The predicted molar refractivity (Wildman–Crippen MR) is 192 cm³/mol. The molecular formula is C44H40F4. The van der Waals surface area contributed by atoms with E-state index in [1.807, 2.05) is 104 Å². The highest BCUT2D eigenvalue weighted by Gasteiger charge is 2.17. The maximum atomic E-state index is 14.7. The van der Waals surface area contributed by atoms with Crippen LogP contribution in [0.5, 0.6) is 0 Å². The molecule has 4 heteroatoms. The number of rotatable bonds is 8. The second-order valence-corrected chi connectivity index (χ2v) is 12.0. The lowest BCUT2D eigenvalue weighted by Crippen LogP contribution is -1.94. The highest BCUT2D eigenvalue weighted by Crippen LogP contribution is 2.33. The average molecular weight is 645 g/mol. The average Bonchev–Trinajstić information content (AvgIpc) is 3.12. The molecule has 0 fully saturated rings. The largest absolute Gasteiger partial charge is 0.203 e. The molecule has 48 heavy (non-hydrogen) atoms. The molecule has 6 rings (SSSR count). The Morgan fingerprint density at radius 3 is 0.896 bits per heavy atom. The van der Waals surface area contributed by atoms with Crippen molar-refractivity contribution in [2.75, 3.05) is 0 Å². The van der Waals surface area contributed by atoms with Crippen LogP contribution in [0.15, 0.2) is 121 Å². The molecule has 0 unspecified atom stereocenters. The zero-order valence-electron chi connectivity index (χ0n) is 27.9. The van der Waals surface area contributed by atoms with Crippen molar-refractivity contribution >= 4 is 0 Å². The molecule has 0 N–H and O–H groups in total. The van der Waals surface area contributed by atoms with E-state index in [0.29, 0.717) is 38.9 Å². The van der Waals surface area contributed by atoms with Gasteiger partial charge in [-0.25, -0.2) is 17.6 Å². The van der Waals surface area contributed by atoms with Crippen molar-refractivity contribution < 1.29 is 17.6 Å². The van der Waals surface area contributed by atoms with Gasteiger partial charge in [0.05, 0.1) is 0 Å². The summed E-state index contributed by atoms with van der Waals surface area (Å²) in [5.41, 5.74) is 8.58. The van der Waals surface area contributed by atoms with E-state index in [0.717, 1.165) is 31.2 Å². The van der Waals surface area contributed by atoms with Crippen LogP contribution in [0.3, 0.4) is 0 Å². The van der Waals surface area contributed by atoms with Crippen molar-refractivity contribution in [3.63, 3.8) is 0 Å². The molecule has 0 saturated heterocycles. The third-order valence-electron chi connectivity index (χ3n) is 8.68. The van der Waals surface area contributed by atoms with E-state index in [4.69, 9.17) is 0 Å². The predicted octanol–water partition coefficient (Wildman–Crippen LogP) is 13.0. The molecule has 0 nitrogen and oxygen atoms in total. The SMILES string of the molecule is CCCc1ccc(-c2ccc(-c3ccc(CC)cc3)c(F)c2F)cc1.CCc1ccc(-c2ccc(-c3ccc(C)cc3)c(F)c2F)cc1. The molecule has 0 atom stereocenters. The van der Waals surface area contributed by atoms with E-state index in [1.54, 1.807) is 24.3 Å².